The lowest BCUT2D eigenvalue weighted by Crippen LogP contribution is -2.22. The second-order valence-corrected chi connectivity index (χ2v) is 5.11. The van der Waals surface area contributed by atoms with Gasteiger partial charge in [-0.05, 0) is 38.5 Å². The van der Waals surface area contributed by atoms with Crippen molar-refractivity contribution in [2.24, 2.45) is 11.3 Å². The molecule has 1 heteroatoms. The van der Waals surface area contributed by atoms with Crippen LogP contribution in [0.4, 0.5) is 0 Å². The summed E-state index contributed by atoms with van der Waals surface area (Å²) in [6.45, 7) is 4.38. The molecule has 0 aromatic heterocycles. The van der Waals surface area contributed by atoms with Crippen LogP contribution in [0, 0.1) is 22.7 Å². The van der Waals surface area contributed by atoms with Gasteiger partial charge in [0.1, 0.15) is 0 Å². The van der Waals surface area contributed by atoms with E-state index < -0.39 is 0 Å². The second-order valence-electron chi connectivity index (χ2n) is 5.11. The smallest absolute Gasteiger partial charge is 0.0686 e. The molecule has 1 aliphatic rings. The van der Waals surface area contributed by atoms with E-state index in [-0.39, 0.29) is 5.41 Å². The van der Waals surface area contributed by atoms with Gasteiger partial charge >= 0.3 is 0 Å². The lowest BCUT2D eigenvalue weighted by molar-refractivity contribution is 0.218. The Morgan fingerprint density at radius 1 is 1.29 bits per heavy atom. The first-order valence-electron chi connectivity index (χ1n) is 6.11. The molecule has 0 saturated heterocycles. The molecule has 0 atom stereocenters. The Morgan fingerprint density at radius 2 is 1.93 bits per heavy atom. The normalized spacial score (nSPS) is 32.5. The number of hydrogen-bond donors (Lipinski definition) is 0. The van der Waals surface area contributed by atoms with E-state index in [1.807, 2.05) is 0 Å². The van der Waals surface area contributed by atoms with Crippen LogP contribution in [0.5, 0.6) is 0 Å². The third kappa shape index (κ3) is 3.33. The van der Waals surface area contributed by atoms with Gasteiger partial charge in [0, 0.05) is 0 Å². The molecule has 0 heterocycles. The number of hydrogen-bond acceptors (Lipinski definition) is 1. The molecule has 1 saturated carbocycles. The largest absolute Gasteiger partial charge is 0.198 e. The molecule has 14 heavy (non-hydrogen) atoms. The van der Waals surface area contributed by atoms with Crippen molar-refractivity contribution in [2.45, 2.75) is 65.2 Å². The summed E-state index contributed by atoms with van der Waals surface area (Å²) >= 11 is 0. The predicted octanol–water partition coefficient (Wildman–Crippen LogP) is 4.29. The van der Waals surface area contributed by atoms with Crippen LogP contribution in [-0.4, -0.2) is 0 Å². The zero-order valence-corrected chi connectivity index (χ0v) is 9.68. The topological polar surface area (TPSA) is 23.8 Å². The third-order valence-electron chi connectivity index (χ3n) is 3.69. The maximum Gasteiger partial charge on any atom is 0.0686 e. The van der Waals surface area contributed by atoms with E-state index in [0.717, 1.165) is 18.8 Å². The molecule has 0 unspecified atom stereocenters. The SMILES string of the molecule is CCCCCC1CCC(C)(C#N)CC1. The number of rotatable bonds is 4. The lowest BCUT2D eigenvalue weighted by atomic mass is 9.71. The summed E-state index contributed by atoms with van der Waals surface area (Å²) < 4.78 is 0. The summed E-state index contributed by atoms with van der Waals surface area (Å²) in [4.78, 5) is 0. The highest BCUT2D eigenvalue weighted by Gasteiger charge is 2.30. The Balaban J connectivity index is 2.20. The average molecular weight is 193 g/mol. The van der Waals surface area contributed by atoms with Gasteiger partial charge in [-0.2, -0.15) is 5.26 Å². The molecule has 0 aromatic carbocycles. The molecule has 80 valence electrons. The first-order chi connectivity index (χ1) is 6.70. The van der Waals surface area contributed by atoms with Gasteiger partial charge in [0.15, 0.2) is 0 Å². The van der Waals surface area contributed by atoms with Gasteiger partial charge in [-0.25, -0.2) is 0 Å². The zero-order chi connectivity index (χ0) is 10.4. The lowest BCUT2D eigenvalue weighted by Gasteiger charge is -2.31. The summed E-state index contributed by atoms with van der Waals surface area (Å²) in [6.07, 6.45) is 10.3. The molecule has 1 nitrogen and oxygen atoms in total. The van der Waals surface area contributed by atoms with E-state index in [2.05, 4.69) is 19.9 Å². The van der Waals surface area contributed by atoms with E-state index in [1.54, 1.807) is 0 Å². The summed E-state index contributed by atoms with van der Waals surface area (Å²) in [5, 5.41) is 9.00. The molecular formula is C13H23N. The van der Waals surface area contributed by atoms with Gasteiger partial charge in [-0.3, -0.25) is 0 Å². The molecule has 0 N–H and O–H groups in total. The minimum absolute atomic E-state index is 0.00125. The van der Waals surface area contributed by atoms with Crippen LogP contribution in [0.25, 0.3) is 0 Å². The Bertz CT molecular complexity index is 194. The fraction of sp³-hybridized carbons (Fsp3) is 0.923. The quantitative estimate of drug-likeness (QED) is 0.611. The molecule has 0 aliphatic heterocycles. The van der Waals surface area contributed by atoms with Gasteiger partial charge in [-0.1, -0.05) is 32.6 Å². The number of nitrogens with zero attached hydrogens (tertiary/aromatic N) is 1. The fourth-order valence-corrected chi connectivity index (χ4v) is 2.40. The molecule has 0 bridgehead atoms. The zero-order valence-electron chi connectivity index (χ0n) is 9.68. The molecule has 1 aliphatic carbocycles. The molecule has 1 rings (SSSR count). The molecule has 0 radical (unpaired) electrons. The maximum absolute atomic E-state index is 9.00. The summed E-state index contributed by atoms with van der Waals surface area (Å²) in [5.74, 6) is 0.919. The van der Waals surface area contributed by atoms with Gasteiger partial charge in [0.2, 0.25) is 0 Å². The molecule has 0 amide bonds. The Morgan fingerprint density at radius 3 is 2.43 bits per heavy atom. The van der Waals surface area contributed by atoms with Crippen LogP contribution in [-0.2, 0) is 0 Å². The van der Waals surface area contributed by atoms with E-state index in [4.69, 9.17) is 5.26 Å². The van der Waals surface area contributed by atoms with Crippen molar-refractivity contribution in [3.05, 3.63) is 0 Å². The van der Waals surface area contributed by atoms with Crippen molar-refractivity contribution in [3.63, 3.8) is 0 Å². The molecule has 0 aromatic rings. The van der Waals surface area contributed by atoms with Gasteiger partial charge < -0.3 is 0 Å². The Kier molecular flexibility index (Phi) is 4.45. The average Bonchev–Trinajstić information content (AvgIpc) is 2.22. The minimum Gasteiger partial charge on any atom is -0.198 e. The van der Waals surface area contributed by atoms with Crippen molar-refractivity contribution >= 4 is 0 Å². The van der Waals surface area contributed by atoms with Crippen LogP contribution in [0.1, 0.15) is 65.2 Å². The maximum atomic E-state index is 9.00. The van der Waals surface area contributed by atoms with Crippen LogP contribution < -0.4 is 0 Å². The van der Waals surface area contributed by atoms with E-state index in [9.17, 15) is 0 Å². The molecule has 0 spiro atoms. The van der Waals surface area contributed by atoms with Gasteiger partial charge in [0.25, 0.3) is 0 Å². The molecule has 1 fully saturated rings. The van der Waals surface area contributed by atoms with Crippen LogP contribution in [0.2, 0.25) is 0 Å². The number of nitriles is 1. The van der Waals surface area contributed by atoms with E-state index in [1.165, 1.54) is 38.5 Å². The van der Waals surface area contributed by atoms with E-state index in [0.29, 0.717) is 0 Å². The van der Waals surface area contributed by atoms with Crippen LogP contribution >= 0.6 is 0 Å². The molecular weight excluding hydrogens is 170 g/mol. The van der Waals surface area contributed by atoms with Crippen molar-refractivity contribution in [2.75, 3.05) is 0 Å². The third-order valence-corrected chi connectivity index (χ3v) is 3.69. The van der Waals surface area contributed by atoms with E-state index >= 15 is 0 Å². The second kappa shape index (κ2) is 5.39. The Labute approximate surface area is 88.5 Å². The first kappa shape index (κ1) is 11.6. The van der Waals surface area contributed by atoms with Crippen molar-refractivity contribution in [3.8, 4) is 6.07 Å². The highest BCUT2D eigenvalue weighted by Crippen LogP contribution is 2.39. The monoisotopic (exact) mass is 193 g/mol. The summed E-state index contributed by atoms with van der Waals surface area (Å²) in [7, 11) is 0. The highest BCUT2D eigenvalue weighted by molar-refractivity contribution is 4.98. The van der Waals surface area contributed by atoms with Crippen LogP contribution in [0.3, 0.4) is 0 Å². The van der Waals surface area contributed by atoms with Crippen molar-refractivity contribution in [1.29, 1.82) is 5.26 Å². The highest BCUT2D eigenvalue weighted by atomic mass is 14.4. The van der Waals surface area contributed by atoms with Gasteiger partial charge in [-0.15, -0.1) is 0 Å². The summed E-state index contributed by atoms with van der Waals surface area (Å²) in [6, 6.07) is 2.47. The number of unbranched alkanes of at least 4 members (excludes halogenated alkanes) is 2. The first-order valence-corrected chi connectivity index (χ1v) is 6.11. The van der Waals surface area contributed by atoms with Crippen molar-refractivity contribution in [1.82, 2.24) is 0 Å². The van der Waals surface area contributed by atoms with Gasteiger partial charge in [0.05, 0.1) is 11.5 Å². The predicted molar refractivity (Wildman–Crippen MR) is 59.8 cm³/mol. The standard InChI is InChI=1S/C13H23N/c1-3-4-5-6-12-7-9-13(2,11-14)10-8-12/h12H,3-10H2,1-2H3. The van der Waals surface area contributed by atoms with Crippen LogP contribution in [0.15, 0.2) is 0 Å². The Hall–Kier alpha value is -0.510. The fourth-order valence-electron chi connectivity index (χ4n) is 2.40. The van der Waals surface area contributed by atoms with Crippen molar-refractivity contribution < 1.29 is 0 Å². The minimum atomic E-state index is 0.00125. The summed E-state index contributed by atoms with van der Waals surface area (Å²) in [5.41, 5.74) is 0.00125.